The van der Waals surface area contributed by atoms with Gasteiger partial charge in [-0.3, -0.25) is 9.89 Å². The largest absolute Gasteiger partial charge is 0.337 e. The van der Waals surface area contributed by atoms with Crippen LogP contribution in [-0.4, -0.2) is 42.7 Å². The quantitative estimate of drug-likeness (QED) is 0.900. The molecule has 0 aliphatic rings. The minimum absolute atomic E-state index is 0.0215. The number of rotatable bonds is 5. The predicted molar refractivity (Wildman–Crippen MR) is 79.4 cm³/mol. The van der Waals surface area contributed by atoms with Gasteiger partial charge in [-0.1, -0.05) is 12.1 Å². The molecule has 2 rings (SSSR count). The minimum atomic E-state index is -3.07. The first kappa shape index (κ1) is 15.2. The molecule has 6 nitrogen and oxygen atoms in total. The summed E-state index contributed by atoms with van der Waals surface area (Å²) in [6.07, 6.45) is 4.59. The number of sulfone groups is 1. The Hall–Kier alpha value is -2.15. The summed E-state index contributed by atoms with van der Waals surface area (Å²) in [6, 6.07) is 6.63. The van der Waals surface area contributed by atoms with Crippen LogP contribution in [0, 0.1) is 0 Å². The van der Waals surface area contributed by atoms with E-state index in [9.17, 15) is 13.2 Å². The number of hydrogen-bond acceptors (Lipinski definition) is 4. The lowest BCUT2D eigenvalue weighted by Gasteiger charge is -2.16. The third kappa shape index (κ3) is 4.42. The van der Waals surface area contributed by atoms with Crippen LogP contribution in [0.5, 0.6) is 0 Å². The summed E-state index contributed by atoms with van der Waals surface area (Å²) in [5.41, 5.74) is 2.12. The van der Waals surface area contributed by atoms with E-state index in [0.29, 0.717) is 17.7 Å². The van der Waals surface area contributed by atoms with E-state index < -0.39 is 9.84 Å². The van der Waals surface area contributed by atoms with Crippen molar-refractivity contribution in [2.45, 2.75) is 12.3 Å². The van der Waals surface area contributed by atoms with Gasteiger partial charge in [0.15, 0.2) is 9.84 Å². The molecule has 1 aromatic heterocycles. The van der Waals surface area contributed by atoms with Gasteiger partial charge in [0.25, 0.3) is 5.91 Å². The lowest BCUT2D eigenvalue weighted by molar-refractivity contribution is 0.0785. The molecule has 0 spiro atoms. The highest BCUT2D eigenvalue weighted by Crippen LogP contribution is 2.11. The van der Waals surface area contributed by atoms with Gasteiger partial charge in [-0.25, -0.2) is 8.42 Å². The average Bonchev–Trinajstić information content (AvgIpc) is 2.90. The van der Waals surface area contributed by atoms with E-state index in [0.717, 1.165) is 5.56 Å². The van der Waals surface area contributed by atoms with Crippen LogP contribution >= 0.6 is 0 Å². The summed E-state index contributed by atoms with van der Waals surface area (Å²) in [5.74, 6) is -0.145. The molecular weight excluding hydrogens is 290 g/mol. The molecule has 0 aliphatic heterocycles. The second kappa shape index (κ2) is 6.09. The first-order valence-electron chi connectivity index (χ1n) is 6.35. The molecule has 0 fully saturated rings. The van der Waals surface area contributed by atoms with Crippen LogP contribution in [0.15, 0.2) is 36.7 Å². The van der Waals surface area contributed by atoms with Crippen molar-refractivity contribution >= 4 is 15.7 Å². The third-order valence-corrected chi connectivity index (χ3v) is 3.81. The normalized spacial score (nSPS) is 11.3. The number of H-pyrrole nitrogens is 1. The SMILES string of the molecule is CN(Cc1cn[nH]c1)C(=O)c1ccc(CS(C)(=O)=O)cc1. The van der Waals surface area contributed by atoms with Crippen molar-refractivity contribution < 1.29 is 13.2 Å². The molecule has 1 aromatic carbocycles. The number of nitrogens with one attached hydrogen (secondary N) is 1. The Morgan fingerprint density at radius 3 is 2.43 bits per heavy atom. The van der Waals surface area contributed by atoms with Crippen LogP contribution in [0.25, 0.3) is 0 Å². The van der Waals surface area contributed by atoms with Gasteiger partial charge >= 0.3 is 0 Å². The molecule has 0 saturated heterocycles. The fourth-order valence-electron chi connectivity index (χ4n) is 1.98. The monoisotopic (exact) mass is 307 g/mol. The van der Waals surface area contributed by atoms with Gasteiger partial charge in [-0.2, -0.15) is 5.10 Å². The van der Waals surface area contributed by atoms with Crippen molar-refractivity contribution in [1.29, 1.82) is 0 Å². The molecule has 0 radical (unpaired) electrons. The summed E-state index contributed by atoms with van der Waals surface area (Å²) in [6.45, 7) is 0.459. The fourth-order valence-corrected chi connectivity index (χ4v) is 2.77. The van der Waals surface area contributed by atoms with E-state index in [2.05, 4.69) is 10.2 Å². The molecule has 0 aliphatic carbocycles. The van der Waals surface area contributed by atoms with Crippen LogP contribution in [0.3, 0.4) is 0 Å². The van der Waals surface area contributed by atoms with E-state index >= 15 is 0 Å². The van der Waals surface area contributed by atoms with E-state index in [4.69, 9.17) is 0 Å². The van der Waals surface area contributed by atoms with E-state index in [1.54, 1.807) is 48.6 Å². The second-order valence-electron chi connectivity index (χ2n) is 5.03. The maximum Gasteiger partial charge on any atom is 0.253 e. The molecule has 21 heavy (non-hydrogen) atoms. The van der Waals surface area contributed by atoms with Crippen molar-refractivity contribution in [1.82, 2.24) is 15.1 Å². The number of nitrogens with zero attached hydrogens (tertiary/aromatic N) is 2. The summed E-state index contributed by atoms with van der Waals surface area (Å²) < 4.78 is 22.4. The van der Waals surface area contributed by atoms with E-state index in [-0.39, 0.29) is 11.7 Å². The number of amides is 1. The number of aromatic amines is 1. The zero-order chi connectivity index (χ0) is 15.5. The zero-order valence-electron chi connectivity index (χ0n) is 11.9. The second-order valence-corrected chi connectivity index (χ2v) is 7.17. The smallest absolute Gasteiger partial charge is 0.253 e. The average molecular weight is 307 g/mol. The Balaban J connectivity index is 2.05. The molecule has 0 atom stereocenters. The lowest BCUT2D eigenvalue weighted by atomic mass is 10.1. The number of benzene rings is 1. The van der Waals surface area contributed by atoms with Gasteiger partial charge in [-0.05, 0) is 17.7 Å². The van der Waals surface area contributed by atoms with Gasteiger partial charge in [0, 0.05) is 37.2 Å². The van der Waals surface area contributed by atoms with Gasteiger partial charge < -0.3 is 4.90 Å². The van der Waals surface area contributed by atoms with Gasteiger partial charge in [0.2, 0.25) is 0 Å². The van der Waals surface area contributed by atoms with E-state index in [1.807, 2.05) is 0 Å². The predicted octanol–water partition coefficient (Wildman–Crippen LogP) is 1.23. The van der Waals surface area contributed by atoms with Crippen LogP contribution < -0.4 is 0 Å². The van der Waals surface area contributed by atoms with Crippen molar-refractivity contribution in [2.24, 2.45) is 0 Å². The van der Waals surface area contributed by atoms with Gasteiger partial charge in [-0.15, -0.1) is 0 Å². The summed E-state index contributed by atoms with van der Waals surface area (Å²) >= 11 is 0. The van der Waals surface area contributed by atoms with Gasteiger partial charge in [0.05, 0.1) is 11.9 Å². The molecule has 0 saturated carbocycles. The Bertz CT molecular complexity index is 706. The van der Waals surface area contributed by atoms with E-state index in [1.165, 1.54) is 6.26 Å². The van der Waals surface area contributed by atoms with Crippen molar-refractivity contribution in [3.8, 4) is 0 Å². The van der Waals surface area contributed by atoms with Crippen LogP contribution in [0.4, 0.5) is 0 Å². The third-order valence-electron chi connectivity index (χ3n) is 2.95. The first-order chi connectivity index (χ1) is 9.85. The number of carbonyl (C=O) groups is 1. The maximum absolute atomic E-state index is 12.2. The Labute approximate surface area is 123 Å². The highest BCUT2D eigenvalue weighted by atomic mass is 32.2. The Morgan fingerprint density at radius 1 is 1.24 bits per heavy atom. The van der Waals surface area contributed by atoms with Gasteiger partial charge in [0.1, 0.15) is 0 Å². The minimum Gasteiger partial charge on any atom is -0.337 e. The number of carbonyl (C=O) groups excluding carboxylic acids is 1. The highest BCUT2D eigenvalue weighted by molar-refractivity contribution is 7.89. The standard InChI is InChI=1S/C14H17N3O3S/c1-17(9-12-7-15-16-8-12)14(18)13-5-3-11(4-6-13)10-21(2,19)20/h3-8H,9-10H2,1-2H3,(H,15,16). The lowest BCUT2D eigenvalue weighted by Crippen LogP contribution is -2.26. The zero-order valence-corrected chi connectivity index (χ0v) is 12.7. The summed E-state index contributed by atoms with van der Waals surface area (Å²) in [4.78, 5) is 13.8. The maximum atomic E-state index is 12.2. The molecule has 1 N–H and O–H groups in total. The molecule has 2 aromatic rings. The summed E-state index contributed by atoms with van der Waals surface area (Å²) in [5, 5.41) is 6.53. The molecule has 7 heteroatoms. The fraction of sp³-hybridized carbons (Fsp3) is 0.286. The van der Waals surface area contributed by atoms with Crippen LogP contribution in [0.2, 0.25) is 0 Å². The molecule has 112 valence electrons. The molecule has 1 amide bonds. The summed E-state index contributed by atoms with van der Waals surface area (Å²) in [7, 11) is -1.36. The van der Waals surface area contributed by atoms with Crippen molar-refractivity contribution in [2.75, 3.05) is 13.3 Å². The highest BCUT2D eigenvalue weighted by Gasteiger charge is 2.13. The topological polar surface area (TPSA) is 83.1 Å². The first-order valence-corrected chi connectivity index (χ1v) is 8.41. The number of hydrogen-bond donors (Lipinski definition) is 1. The number of aromatic nitrogens is 2. The Kier molecular flexibility index (Phi) is 4.42. The molecule has 0 unspecified atom stereocenters. The van der Waals surface area contributed by atoms with Crippen molar-refractivity contribution in [3.05, 3.63) is 53.3 Å². The Morgan fingerprint density at radius 2 is 1.90 bits per heavy atom. The molecule has 1 heterocycles. The molecular formula is C14H17N3O3S. The molecule has 0 bridgehead atoms. The van der Waals surface area contributed by atoms with Crippen LogP contribution in [-0.2, 0) is 22.1 Å². The van der Waals surface area contributed by atoms with Crippen molar-refractivity contribution in [3.63, 3.8) is 0 Å². The van der Waals surface area contributed by atoms with Crippen LogP contribution in [0.1, 0.15) is 21.5 Å².